The number of hydrogen-bond donors (Lipinski definition) is 1. The molecule has 2 aromatic rings. The fraction of sp³-hybridized carbons (Fsp3) is 0.250. The average molecular weight is 336 g/mol. The Hall–Kier alpha value is -1.36. The first kappa shape index (κ1) is 15.0. The molecule has 2 aromatic carbocycles. The molecule has 0 unspecified atom stereocenters. The fourth-order valence-corrected chi connectivity index (χ4v) is 2.25. The molecule has 0 heterocycles. The number of nitrogens with one attached hydrogen (secondary N) is 1. The molecule has 0 atom stereocenters. The smallest absolute Gasteiger partial charge is 0.128 e. The van der Waals surface area contributed by atoms with Crippen LogP contribution in [0, 0.1) is 0 Å². The number of methoxy groups -OCH3 is 1. The van der Waals surface area contributed by atoms with Gasteiger partial charge in [-0.2, -0.15) is 0 Å². The minimum Gasteiger partial charge on any atom is -0.457 e. The maximum Gasteiger partial charge on any atom is 0.128 e. The summed E-state index contributed by atoms with van der Waals surface area (Å²) in [5.74, 6) is 1.66. The first-order chi connectivity index (χ1) is 9.79. The third-order valence-corrected chi connectivity index (χ3v) is 3.54. The van der Waals surface area contributed by atoms with E-state index in [1.54, 1.807) is 7.11 Å². The van der Waals surface area contributed by atoms with Crippen LogP contribution >= 0.6 is 15.9 Å². The van der Waals surface area contributed by atoms with Gasteiger partial charge in [0.2, 0.25) is 0 Å². The summed E-state index contributed by atoms with van der Waals surface area (Å²) in [5, 5.41) is 3.32. The van der Waals surface area contributed by atoms with Gasteiger partial charge in [0.15, 0.2) is 0 Å². The Bertz CT molecular complexity index is 531. The molecule has 3 nitrogen and oxygen atoms in total. The van der Waals surface area contributed by atoms with Crippen LogP contribution in [0.2, 0.25) is 0 Å². The van der Waals surface area contributed by atoms with Crippen LogP contribution in [0.25, 0.3) is 0 Å². The Balaban J connectivity index is 1.95. The summed E-state index contributed by atoms with van der Waals surface area (Å²) in [6.07, 6.45) is 0. The lowest BCUT2D eigenvalue weighted by Crippen LogP contribution is -2.18. The number of halogens is 1. The van der Waals surface area contributed by atoms with Crippen molar-refractivity contribution in [1.29, 1.82) is 0 Å². The van der Waals surface area contributed by atoms with E-state index in [1.165, 1.54) is 5.56 Å². The lowest BCUT2D eigenvalue weighted by Gasteiger charge is -2.10. The molecular formula is C16H18BrNO2. The van der Waals surface area contributed by atoms with Crippen molar-refractivity contribution in [3.05, 3.63) is 58.6 Å². The van der Waals surface area contributed by atoms with Gasteiger partial charge in [-0.05, 0) is 29.8 Å². The molecule has 0 spiro atoms. The van der Waals surface area contributed by atoms with Gasteiger partial charge < -0.3 is 14.8 Å². The Kier molecular flexibility index (Phi) is 6.05. The Morgan fingerprint density at radius 3 is 2.55 bits per heavy atom. The first-order valence-electron chi connectivity index (χ1n) is 6.50. The highest BCUT2D eigenvalue weighted by molar-refractivity contribution is 9.10. The third-order valence-electron chi connectivity index (χ3n) is 2.80. The Morgan fingerprint density at radius 1 is 1.05 bits per heavy atom. The third kappa shape index (κ3) is 4.63. The van der Waals surface area contributed by atoms with Crippen molar-refractivity contribution in [2.24, 2.45) is 0 Å². The van der Waals surface area contributed by atoms with Gasteiger partial charge in [0.25, 0.3) is 0 Å². The second-order valence-electron chi connectivity index (χ2n) is 4.34. The predicted octanol–water partition coefficient (Wildman–Crippen LogP) is 3.98. The van der Waals surface area contributed by atoms with Crippen molar-refractivity contribution < 1.29 is 9.47 Å². The molecule has 0 saturated heterocycles. The molecule has 0 aliphatic heterocycles. The normalized spacial score (nSPS) is 10.5. The standard InChI is InChI=1S/C16H18BrNO2/c1-19-10-9-18-12-13-7-8-15(11-16(13)17)20-14-5-3-2-4-6-14/h2-8,11,18H,9-10,12H2,1H3. The zero-order valence-corrected chi connectivity index (χ0v) is 13.0. The monoisotopic (exact) mass is 335 g/mol. The summed E-state index contributed by atoms with van der Waals surface area (Å²) in [4.78, 5) is 0. The van der Waals surface area contributed by atoms with Crippen LogP contribution in [0.4, 0.5) is 0 Å². The van der Waals surface area contributed by atoms with E-state index >= 15 is 0 Å². The van der Waals surface area contributed by atoms with E-state index in [0.29, 0.717) is 6.61 Å². The van der Waals surface area contributed by atoms with Gasteiger partial charge in [0, 0.05) is 24.7 Å². The highest BCUT2D eigenvalue weighted by Crippen LogP contribution is 2.26. The van der Waals surface area contributed by atoms with Crippen molar-refractivity contribution in [2.45, 2.75) is 6.54 Å². The highest BCUT2D eigenvalue weighted by Gasteiger charge is 2.03. The topological polar surface area (TPSA) is 30.5 Å². The SMILES string of the molecule is COCCNCc1ccc(Oc2ccccc2)cc1Br. The summed E-state index contributed by atoms with van der Waals surface area (Å²) in [6.45, 7) is 2.35. The molecule has 0 aliphatic rings. The quantitative estimate of drug-likeness (QED) is 0.776. The van der Waals surface area contributed by atoms with Crippen molar-refractivity contribution in [3.63, 3.8) is 0 Å². The summed E-state index contributed by atoms with van der Waals surface area (Å²) in [7, 11) is 1.70. The second kappa shape index (κ2) is 8.04. The minimum atomic E-state index is 0.715. The number of ether oxygens (including phenoxy) is 2. The van der Waals surface area contributed by atoms with Crippen molar-refractivity contribution in [2.75, 3.05) is 20.3 Å². The van der Waals surface area contributed by atoms with Crippen LogP contribution in [-0.2, 0) is 11.3 Å². The molecule has 1 N–H and O–H groups in total. The van der Waals surface area contributed by atoms with E-state index in [-0.39, 0.29) is 0 Å². The number of rotatable bonds is 7. The van der Waals surface area contributed by atoms with Crippen molar-refractivity contribution in [1.82, 2.24) is 5.32 Å². The fourth-order valence-electron chi connectivity index (χ4n) is 1.76. The molecule has 2 rings (SSSR count). The molecule has 4 heteroatoms. The lowest BCUT2D eigenvalue weighted by molar-refractivity contribution is 0.199. The molecule has 0 aromatic heterocycles. The van der Waals surface area contributed by atoms with Crippen LogP contribution in [-0.4, -0.2) is 20.3 Å². The minimum absolute atomic E-state index is 0.715. The van der Waals surface area contributed by atoms with Gasteiger partial charge >= 0.3 is 0 Å². The summed E-state index contributed by atoms with van der Waals surface area (Å²) < 4.78 is 11.8. The zero-order valence-electron chi connectivity index (χ0n) is 11.4. The van der Waals surface area contributed by atoms with Crippen molar-refractivity contribution in [3.8, 4) is 11.5 Å². The van der Waals surface area contributed by atoms with Crippen LogP contribution in [0.3, 0.4) is 0 Å². The van der Waals surface area contributed by atoms with Crippen LogP contribution in [0.5, 0.6) is 11.5 Å². The van der Waals surface area contributed by atoms with Gasteiger partial charge in [0.05, 0.1) is 6.61 Å². The number of para-hydroxylation sites is 1. The molecule has 0 radical (unpaired) electrons. The Morgan fingerprint density at radius 2 is 1.85 bits per heavy atom. The van der Waals surface area contributed by atoms with Crippen LogP contribution < -0.4 is 10.1 Å². The maximum absolute atomic E-state index is 5.79. The summed E-state index contributed by atoms with van der Waals surface area (Å²) in [6, 6.07) is 15.8. The maximum atomic E-state index is 5.79. The molecule has 0 bridgehead atoms. The molecule has 0 aliphatic carbocycles. The zero-order chi connectivity index (χ0) is 14.2. The number of hydrogen-bond acceptors (Lipinski definition) is 3. The van der Waals surface area contributed by atoms with Gasteiger partial charge in [0.1, 0.15) is 11.5 Å². The van der Waals surface area contributed by atoms with E-state index in [2.05, 4.69) is 27.3 Å². The van der Waals surface area contributed by atoms with Gasteiger partial charge in [-0.3, -0.25) is 0 Å². The Labute approximate surface area is 128 Å². The summed E-state index contributed by atoms with van der Waals surface area (Å²) >= 11 is 3.58. The highest BCUT2D eigenvalue weighted by atomic mass is 79.9. The molecule has 0 saturated carbocycles. The van der Waals surface area contributed by atoms with Gasteiger partial charge in [-0.1, -0.05) is 40.2 Å². The van der Waals surface area contributed by atoms with E-state index in [9.17, 15) is 0 Å². The molecule has 106 valence electrons. The van der Waals surface area contributed by atoms with Crippen LogP contribution in [0.15, 0.2) is 53.0 Å². The van der Waals surface area contributed by atoms with E-state index in [1.807, 2.05) is 42.5 Å². The largest absolute Gasteiger partial charge is 0.457 e. The lowest BCUT2D eigenvalue weighted by atomic mass is 10.2. The van der Waals surface area contributed by atoms with Gasteiger partial charge in [-0.25, -0.2) is 0 Å². The van der Waals surface area contributed by atoms with E-state index in [0.717, 1.165) is 29.1 Å². The van der Waals surface area contributed by atoms with Gasteiger partial charge in [-0.15, -0.1) is 0 Å². The van der Waals surface area contributed by atoms with Crippen molar-refractivity contribution >= 4 is 15.9 Å². The second-order valence-corrected chi connectivity index (χ2v) is 5.19. The molecule has 0 amide bonds. The molecule has 20 heavy (non-hydrogen) atoms. The number of benzene rings is 2. The molecular weight excluding hydrogens is 318 g/mol. The van der Waals surface area contributed by atoms with E-state index in [4.69, 9.17) is 9.47 Å². The van der Waals surface area contributed by atoms with E-state index < -0.39 is 0 Å². The van der Waals surface area contributed by atoms with Crippen LogP contribution in [0.1, 0.15) is 5.56 Å². The predicted molar refractivity (Wildman–Crippen MR) is 84.2 cm³/mol. The molecule has 0 fully saturated rings. The first-order valence-corrected chi connectivity index (χ1v) is 7.30. The summed E-state index contributed by atoms with van der Waals surface area (Å²) in [5.41, 5.74) is 1.20. The average Bonchev–Trinajstić information content (AvgIpc) is 2.46.